The van der Waals surface area contributed by atoms with Crippen LogP contribution in [0.25, 0.3) is 11.1 Å². The van der Waals surface area contributed by atoms with Crippen molar-refractivity contribution < 1.29 is 9.53 Å². The molecule has 0 amide bonds. The van der Waals surface area contributed by atoms with Gasteiger partial charge in [-0.2, -0.15) is 0 Å². The summed E-state index contributed by atoms with van der Waals surface area (Å²) < 4.78 is 4.68. The van der Waals surface area contributed by atoms with Gasteiger partial charge in [0.2, 0.25) is 0 Å². The van der Waals surface area contributed by atoms with Gasteiger partial charge in [0.15, 0.2) is 5.69 Å². The van der Waals surface area contributed by atoms with Crippen LogP contribution in [0.2, 0.25) is 5.02 Å². The Balaban J connectivity index is 2.59. The summed E-state index contributed by atoms with van der Waals surface area (Å²) in [6.07, 6.45) is 4.69. The van der Waals surface area contributed by atoms with Crippen LogP contribution >= 0.6 is 11.6 Å². The summed E-state index contributed by atoms with van der Waals surface area (Å²) in [5, 5.41) is 0.462. The lowest BCUT2D eigenvalue weighted by Crippen LogP contribution is -2.06. The Labute approximate surface area is 103 Å². The summed E-state index contributed by atoms with van der Waals surface area (Å²) in [4.78, 5) is 19.5. The van der Waals surface area contributed by atoms with E-state index in [4.69, 9.17) is 11.6 Å². The summed E-state index contributed by atoms with van der Waals surface area (Å²) in [5.41, 5.74) is 1.69. The zero-order chi connectivity index (χ0) is 12.3. The van der Waals surface area contributed by atoms with Gasteiger partial charge in [-0.15, -0.1) is 0 Å². The maximum atomic E-state index is 11.6. The van der Waals surface area contributed by atoms with Gasteiger partial charge in [-0.1, -0.05) is 11.6 Å². The molecule has 2 aromatic rings. The van der Waals surface area contributed by atoms with Crippen molar-refractivity contribution in [2.24, 2.45) is 0 Å². The molecule has 0 aliphatic heterocycles. The Morgan fingerprint density at radius 3 is 2.71 bits per heavy atom. The summed E-state index contributed by atoms with van der Waals surface area (Å²) in [5.74, 6) is -0.492. The number of carbonyl (C=O) groups is 1. The number of halogens is 1. The molecule has 0 aliphatic carbocycles. The fourth-order valence-electron chi connectivity index (χ4n) is 1.45. The van der Waals surface area contributed by atoms with Crippen LogP contribution in [0, 0.1) is 0 Å². The Kier molecular flexibility index (Phi) is 3.35. The average Bonchev–Trinajstić information content (AvgIpc) is 2.39. The van der Waals surface area contributed by atoms with Gasteiger partial charge in [0.25, 0.3) is 0 Å². The monoisotopic (exact) mass is 248 g/mol. The number of carbonyl (C=O) groups excluding carboxylic acids is 1. The lowest BCUT2D eigenvalue weighted by Gasteiger charge is -2.07. The van der Waals surface area contributed by atoms with E-state index in [1.165, 1.54) is 13.3 Å². The third-order valence-corrected chi connectivity index (χ3v) is 2.43. The van der Waals surface area contributed by atoms with Crippen LogP contribution in [0.4, 0.5) is 0 Å². The van der Waals surface area contributed by atoms with Crippen LogP contribution in [0.1, 0.15) is 10.5 Å². The van der Waals surface area contributed by atoms with Crippen molar-refractivity contribution in [3.05, 3.63) is 47.5 Å². The lowest BCUT2D eigenvalue weighted by molar-refractivity contribution is 0.0595. The molecule has 0 saturated carbocycles. The van der Waals surface area contributed by atoms with Gasteiger partial charge in [0.05, 0.1) is 12.1 Å². The molecule has 0 bridgehead atoms. The van der Waals surface area contributed by atoms with E-state index < -0.39 is 5.97 Å². The van der Waals surface area contributed by atoms with Crippen LogP contribution in [0.5, 0.6) is 0 Å². The molecule has 4 nitrogen and oxygen atoms in total. The second-order valence-electron chi connectivity index (χ2n) is 3.28. The maximum Gasteiger partial charge on any atom is 0.357 e. The quantitative estimate of drug-likeness (QED) is 0.767. The van der Waals surface area contributed by atoms with Crippen LogP contribution in [0.15, 0.2) is 36.8 Å². The van der Waals surface area contributed by atoms with Crippen molar-refractivity contribution in [1.82, 2.24) is 9.97 Å². The molecule has 5 heteroatoms. The van der Waals surface area contributed by atoms with Crippen molar-refractivity contribution in [3.63, 3.8) is 0 Å². The predicted octanol–water partition coefficient (Wildman–Crippen LogP) is 2.58. The molecule has 0 unspecified atom stereocenters. The Bertz CT molecular complexity index is 543. The normalized spacial score (nSPS) is 10.0. The molecule has 0 aliphatic rings. The Hall–Kier alpha value is -1.94. The van der Waals surface area contributed by atoms with Gasteiger partial charge < -0.3 is 4.74 Å². The first-order chi connectivity index (χ1) is 8.22. The van der Waals surface area contributed by atoms with E-state index in [1.807, 2.05) is 0 Å². The van der Waals surface area contributed by atoms with Crippen LogP contribution < -0.4 is 0 Å². The number of ether oxygens (including phenoxy) is 1. The first kappa shape index (κ1) is 11.5. The summed E-state index contributed by atoms with van der Waals surface area (Å²) >= 11 is 5.88. The Morgan fingerprint density at radius 2 is 2.06 bits per heavy atom. The second-order valence-corrected chi connectivity index (χ2v) is 3.71. The van der Waals surface area contributed by atoms with Crippen LogP contribution in [-0.4, -0.2) is 23.0 Å². The summed E-state index contributed by atoms with van der Waals surface area (Å²) in [6.45, 7) is 0. The van der Waals surface area contributed by atoms with Gasteiger partial charge in [0.1, 0.15) is 0 Å². The number of esters is 1. The molecule has 0 aromatic carbocycles. The molecule has 2 heterocycles. The fraction of sp³-hybridized carbons (Fsp3) is 0.0833. The van der Waals surface area contributed by atoms with Crippen molar-refractivity contribution in [2.75, 3.05) is 7.11 Å². The maximum absolute atomic E-state index is 11.6. The van der Waals surface area contributed by atoms with Gasteiger partial charge in [-0.25, -0.2) is 9.78 Å². The standard InChI is InChI=1S/C12H9ClN2O2/c1-17-12(16)11-10(6-9(13)7-15-11)8-2-4-14-5-3-8/h2-7H,1H3. The number of hydrogen-bond donors (Lipinski definition) is 0. The zero-order valence-electron chi connectivity index (χ0n) is 9.05. The topological polar surface area (TPSA) is 52.1 Å². The van der Waals surface area contributed by atoms with E-state index in [9.17, 15) is 4.79 Å². The molecule has 86 valence electrons. The molecule has 0 N–H and O–H groups in total. The molecular weight excluding hydrogens is 240 g/mol. The minimum absolute atomic E-state index is 0.239. The molecule has 2 rings (SSSR count). The zero-order valence-corrected chi connectivity index (χ0v) is 9.81. The van der Waals surface area contributed by atoms with E-state index in [0.717, 1.165) is 5.56 Å². The molecule has 0 saturated heterocycles. The number of aromatic nitrogens is 2. The molecule has 17 heavy (non-hydrogen) atoms. The number of nitrogens with zero attached hydrogens (tertiary/aromatic N) is 2. The van der Waals surface area contributed by atoms with Gasteiger partial charge >= 0.3 is 5.97 Å². The first-order valence-corrected chi connectivity index (χ1v) is 5.24. The highest BCUT2D eigenvalue weighted by Crippen LogP contribution is 2.25. The number of pyridine rings is 2. The van der Waals surface area contributed by atoms with Gasteiger partial charge in [-0.3, -0.25) is 4.98 Å². The average molecular weight is 249 g/mol. The number of rotatable bonds is 2. The summed E-state index contributed by atoms with van der Waals surface area (Å²) in [6, 6.07) is 5.23. The Morgan fingerprint density at radius 1 is 1.35 bits per heavy atom. The number of hydrogen-bond acceptors (Lipinski definition) is 4. The van der Waals surface area contributed by atoms with Gasteiger partial charge in [-0.05, 0) is 23.8 Å². The first-order valence-electron chi connectivity index (χ1n) is 4.86. The second kappa shape index (κ2) is 4.93. The molecule has 0 radical (unpaired) electrons. The highest BCUT2D eigenvalue weighted by Gasteiger charge is 2.15. The van der Waals surface area contributed by atoms with E-state index >= 15 is 0 Å². The number of methoxy groups -OCH3 is 1. The van der Waals surface area contributed by atoms with E-state index in [2.05, 4.69) is 14.7 Å². The smallest absolute Gasteiger partial charge is 0.357 e. The molecule has 2 aromatic heterocycles. The molecule has 0 spiro atoms. The van der Waals surface area contributed by atoms with Crippen molar-refractivity contribution >= 4 is 17.6 Å². The minimum atomic E-state index is -0.492. The van der Waals surface area contributed by atoms with E-state index in [1.54, 1.807) is 30.6 Å². The van der Waals surface area contributed by atoms with Crippen molar-refractivity contribution in [2.45, 2.75) is 0 Å². The SMILES string of the molecule is COC(=O)c1ncc(Cl)cc1-c1ccncc1. The molecular formula is C12H9ClN2O2. The lowest BCUT2D eigenvalue weighted by atomic mass is 10.1. The highest BCUT2D eigenvalue weighted by molar-refractivity contribution is 6.30. The molecule has 0 fully saturated rings. The third-order valence-electron chi connectivity index (χ3n) is 2.22. The van der Waals surface area contributed by atoms with Crippen molar-refractivity contribution in [3.8, 4) is 11.1 Å². The molecule has 0 atom stereocenters. The predicted molar refractivity (Wildman–Crippen MR) is 63.8 cm³/mol. The van der Waals surface area contributed by atoms with Crippen LogP contribution in [0.3, 0.4) is 0 Å². The highest BCUT2D eigenvalue weighted by atomic mass is 35.5. The van der Waals surface area contributed by atoms with Crippen molar-refractivity contribution in [1.29, 1.82) is 0 Å². The van der Waals surface area contributed by atoms with Gasteiger partial charge in [0, 0.05) is 24.2 Å². The minimum Gasteiger partial charge on any atom is -0.464 e. The fourth-order valence-corrected chi connectivity index (χ4v) is 1.61. The largest absolute Gasteiger partial charge is 0.464 e. The third kappa shape index (κ3) is 2.42. The summed E-state index contributed by atoms with van der Waals surface area (Å²) in [7, 11) is 1.31. The van der Waals surface area contributed by atoms with E-state index in [-0.39, 0.29) is 5.69 Å². The van der Waals surface area contributed by atoms with E-state index in [0.29, 0.717) is 10.6 Å². The van der Waals surface area contributed by atoms with Crippen LogP contribution in [-0.2, 0) is 4.74 Å².